The number of ether oxygens (including phenoxy) is 1. The van der Waals surface area contributed by atoms with Crippen LogP contribution in [0.25, 0.3) is 11.0 Å². The van der Waals surface area contributed by atoms with Crippen LogP contribution in [0.4, 0.5) is 5.69 Å². The fourth-order valence-electron chi connectivity index (χ4n) is 2.49. The summed E-state index contributed by atoms with van der Waals surface area (Å²) >= 11 is 11.8. The fourth-order valence-corrected chi connectivity index (χ4v) is 2.83. The topological polar surface area (TPSA) is 92.3 Å². The molecule has 0 radical (unpaired) electrons. The Balaban J connectivity index is 1.69. The molecule has 136 valence electrons. The molecule has 8 heteroatoms. The molecule has 0 saturated carbocycles. The van der Waals surface area contributed by atoms with Gasteiger partial charge in [-0.1, -0.05) is 23.2 Å². The third kappa shape index (κ3) is 4.05. The van der Waals surface area contributed by atoms with E-state index < -0.39 is 18.5 Å². The van der Waals surface area contributed by atoms with E-state index in [0.717, 1.165) is 0 Å². The number of carbonyl (C=O) groups excluding carboxylic acids is 2. The highest BCUT2D eigenvalue weighted by Gasteiger charge is 2.20. The van der Waals surface area contributed by atoms with Gasteiger partial charge in [0.25, 0.3) is 5.91 Å². The summed E-state index contributed by atoms with van der Waals surface area (Å²) < 4.78 is 10.5. The number of nitrogens with zero attached hydrogens (tertiary/aromatic N) is 1. The zero-order chi connectivity index (χ0) is 19.6. The number of amides is 1. The molecule has 0 saturated heterocycles. The van der Waals surface area contributed by atoms with E-state index in [1.807, 2.05) is 6.07 Å². The number of furan rings is 1. The average Bonchev–Trinajstić information content (AvgIpc) is 2.96. The summed E-state index contributed by atoms with van der Waals surface area (Å²) in [6.45, 7) is 1.15. The molecule has 6 nitrogen and oxygen atoms in total. The van der Waals surface area contributed by atoms with E-state index >= 15 is 0 Å². The summed E-state index contributed by atoms with van der Waals surface area (Å²) in [6, 6.07) is 11.4. The molecule has 1 N–H and O–H groups in total. The molecule has 1 amide bonds. The zero-order valence-corrected chi connectivity index (χ0v) is 15.5. The molecule has 0 atom stereocenters. The summed E-state index contributed by atoms with van der Waals surface area (Å²) in [5.41, 5.74) is 1.54. The molecule has 0 aliphatic carbocycles. The van der Waals surface area contributed by atoms with Gasteiger partial charge in [-0.05, 0) is 43.3 Å². The lowest BCUT2D eigenvalue weighted by Gasteiger charge is -2.08. The Morgan fingerprint density at radius 2 is 1.89 bits per heavy atom. The average molecular weight is 403 g/mol. The number of anilines is 1. The fraction of sp³-hybridized carbons (Fsp3) is 0.105. The Morgan fingerprint density at radius 3 is 2.63 bits per heavy atom. The monoisotopic (exact) mass is 402 g/mol. The molecule has 0 fully saturated rings. The van der Waals surface area contributed by atoms with Crippen LogP contribution in [0.1, 0.15) is 21.7 Å². The largest absolute Gasteiger partial charge is 0.450 e. The van der Waals surface area contributed by atoms with E-state index in [1.54, 1.807) is 25.1 Å². The maximum Gasteiger partial charge on any atom is 0.375 e. The number of benzene rings is 2. The van der Waals surface area contributed by atoms with Crippen LogP contribution in [0.3, 0.4) is 0 Å². The third-order valence-corrected chi connectivity index (χ3v) is 4.26. The molecule has 1 aromatic heterocycles. The van der Waals surface area contributed by atoms with Crippen molar-refractivity contribution in [3.05, 3.63) is 63.3 Å². The first-order chi connectivity index (χ1) is 12.9. The van der Waals surface area contributed by atoms with Gasteiger partial charge in [-0.15, -0.1) is 0 Å². The Morgan fingerprint density at radius 1 is 1.19 bits per heavy atom. The summed E-state index contributed by atoms with van der Waals surface area (Å²) in [4.78, 5) is 24.3. The summed E-state index contributed by atoms with van der Waals surface area (Å²) in [7, 11) is 0. The van der Waals surface area contributed by atoms with Crippen molar-refractivity contribution in [3.8, 4) is 6.07 Å². The summed E-state index contributed by atoms with van der Waals surface area (Å²) in [6.07, 6.45) is 0. The van der Waals surface area contributed by atoms with Crippen molar-refractivity contribution in [1.29, 1.82) is 5.26 Å². The summed E-state index contributed by atoms with van der Waals surface area (Å²) in [5, 5.41) is 13.1. The lowest BCUT2D eigenvalue weighted by atomic mass is 10.1. The second kappa shape index (κ2) is 7.70. The first kappa shape index (κ1) is 18.8. The van der Waals surface area contributed by atoms with Gasteiger partial charge in [0.15, 0.2) is 6.61 Å². The zero-order valence-electron chi connectivity index (χ0n) is 14.0. The molecule has 3 rings (SSSR count). The molecular weight excluding hydrogens is 391 g/mol. The number of esters is 1. The SMILES string of the molecule is Cc1c(C(=O)OCC(=O)Nc2cc(Cl)ccc2C#N)oc2ccc(Cl)cc12. The number of nitriles is 1. The minimum absolute atomic E-state index is 0.000496. The van der Waals surface area contributed by atoms with Crippen molar-refractivity contribution in [2.75, 3.05) is 11.9 Å². The smallest absolute Gasteiger partial charge is 0.375 e. The second-order valence-electron chi connectivity index (χ2n) is 5.62. The molecule has 1 heterocycles. The highest BCUT2D eigenvalue weighted by molar-refractivity contribution is 6.31. The highest BCUT2D eigenvalue weighted by atomic mass is 35.5. The van der Waals surface area contributed by atoms with Crippen LogP contribution in [-0.2, 0) is 9.53 Å². The Kier molecular flexibility index (Phi) is 5.36. The van der Waals surface area contributed by atoms with Gasteiger partial charge >= 0.3 is 5.97 Å². The van der Waals surface area contributed by atoms with E-state index in [9.17, 15) is 9.59 Å². The predicted octanol–water partition coefficient (Wildman–Crippen LogP) is 4.72. The van der Waals surface area contributed by atoms with Gasteiger partial charge in [-0.2, -0.15) is 5.26 Å². The molecular formula is C19H12Cl2N2O4. The number of halogens is 2. The highest BCUT2D eigenvalue weighted by Crippen LogP contribution is 2.28. The minimum Gasteiger partial charge on any atom is -0.450 e. The number of aryl methyl sites for hydroxylation is 1. The lowest BCUT2D eigenvalue weighted by Crippen LogP contribution is -2.21. The molecule has 0 aliphatic rings. The van der Waals surface area contributed by atoms with Gasteiger partial charge in [0, 0.05) is 21.0 Å². The van der Waals surface area contributed by atoms with Crippen molar-refractivity contribution < 1.29 is 18.7 Å². The first-order valence-electron chi connectivity index (χ1n) is 7.74. The van der Waals surface area contributed by atoms with Crippen molar-refractivity contribution >= 4 is 51.7 Å². The molecule has 2 aromatic carbocycles. The quantitative estimate of drug-likeness (QED) is 0.637. The standard InChI is InChI=1S/C19H12Cl2N2O4/c1-10-14-6-12(20)4-5-16(14)27-18(10)19(25)26-9-17(24)23-15-7-13(21)3-2-11(15)8-22/h2-7H,9H2,1H3,(H,23,24). The Hall–Kier alpha value is -3.01. The maximum absolute atomic E-state index is 12.3. The van der Waals surface area contributed by atoms with Crippen molar-refractivity contribution in [2.45, 2.75) is 6.92 Å². The second-order valence-corrected chi connectivity index (χ2v) is 6.50. The maximum atomic E-state index is 12.3. The van der Waals surface area contributed by atoms with Crippen LogP contribution in [0, 0.1) is 18.3 Å². The van der Waals surface area contributed by atoms with Crippen LogP contribution in [0.5, 0.6) is 0 Å². The summed E-state index contributed by atoms with van der Waals surface area (Å²) in [5.74, 6) is -1.39. The third-order valence-electron chi connectivity index (χ3n) is 3.79. The molecule has 0 aliphatic heterocycles. The van der Waals surface area contributed by atoms with E-state index in [0.29, 0.717) is 26.6 Å². The van der Waals surface area contributed by atoms with E-state index in [1.165, 1.54) is 18.2 Å². The van der Waals surface area contributed by atoms with E-state index in [2.05, 4.69) is 5.32 Å². The van der Waals surface area contributed by atoms with E-state index in [-0.39, 0.29) is 17.0 Å². The van der Waals surface area contributed by atoms with Crippen molar-refractivity contribution in [2.24, 2.45) is 0 Å². The first-order valence-corrected chi connectivity index (χ1v) is 8.50. The van der Waals surface area contributed by atoms with Crippen LogP contribution in [-0.4, -0.2) is 18.5 Å². The number of rotatable bonds is 4. The predicted molar refractivity (Wildman–Crippen MR) is 101 cm³/mol. The van der Waals surface area contributed by atoms with Gasteiger partial charge in [0.2, 0.25) is 5.76 Å². The van der Waals surface area contributed by atoms with E-state index in [4.69, 9.17) is 37.6 Å². The van der Waals surface area contributed by atoms with Gasteiger partial charge in [0.05, 0.1) is 11.3 Å². The number of hydrogen-bond acceptors (Lipinski definition) is 5. The van der Waals surface area contributed by atoms with Crippen LogP contribution in [0.15, 0.2) is 40.8 Å². The number of carbonyl (C=O) groups is 2. The van der Waals surface area contributed by atoms with Crippen molar-refractivity contribution in [1.82, 2.24) is 0 Å². The van der Waals surface area contributed by atoms with Gasteiger partial charge < -0.3 is 14.5 Å². The molecule has 27 heavy (non-hydrogen) atoms. The van der Waals surface area contributed by atoms with Gasteiger partial charge in [-0.25, -0.2) is 4.79 Å². The minimum atomic E-state index is -0.776. The molecule has 0 unspecified atom stereocenters. The van der Waals surface area contributed by atoms with Crippen LogP contribution in [0.2, 0.25) is 10.0 Å². The molecule has 3 aromatic rings. The Labute approximate surface area is 164 Å². The Bertz CT molecular complexity index is 1100. The number of fused-ring (bicyclic) bond motifs is 1. The van der Waals surface area contributed by atoms with Crippen LogP contribution < -0.4 is 5.32 Å². The lowest BCUT2D eigenvalue weighted by molar-refractivity contribution is -0.119. The molecule has 0 bridgehead atoms. The molecule has 0 spiro atoms. The van der Waals surface area contributed by atoms with Gasteiger partial charge in [0.1, 0.15) is 11.7 Å². The number of nitrogens with one attached hydrogen (secondary N) is 1. The normalized spacial score (nSPS) is 10.4. The van der Waals surface area contributed by atoms with Crippen molar-refractivity contribution in [3.63, 3.8) is 0 Å². The number of hydrogen-bond donors (Lipinski definition) is 1. The van der Waals surface area contributed by atoms with Crippen LogP contribution >= 0.6 is 23.2 Å². The van der Waals surface area contributed by atoms with Gasteiger partial charge in [-0.3, -0.25) is 4.79 Å².